The van der Waals surface area contributed by atoms with E-state index in [1.54, 1.807) is 41.6 Å². The highest BCUT2D eigenvalue weighted by molar-refractivity contribution is 5.98. The molecule has 30 heavy (non-hydrogen) atoms. The summed E-state index contributed by atoms with van der Waals surface area (Å²) in [5.74, 6) is -0.923. The summed E-state index contributed by atoms with van der Waals surface area (Å²) in [4.78, 5) is 20.4. The Morgan fingerprint density at radius 3 is 2.73 bits per heavy atom. The molecule has 4 rings (SSSR count). The van der Waals surface area contributed by atoms with Gasteiger partial charge in [0.25, 0.3) is 5.91 Å². The lowest BCUT2D eigenvalue weighted by atomic mass is 10.1. The monoisotopic (exact) mass is 410 g/mol. The highest BCUT2D eigenvalue weighted by atomic mass is 19.1. The van der Waals surface area contributed by atoms with E-state index in [0.29, 0.717) is 17.3 Å². The average Bonchev–Trinajstić information content (AvgIpc) is 3.39. The van der Waals surface area contributed by atoms with Gasteiger partial charge >= 0.3 is 0 Å². The predicted molar refractivity (Wildman–Crippen MR) is 111 cm³/mol. The number of rotatable bonds is 8. The number of nitrogens with one attached hydrogen (secondary N) is 2. The topological polar surface area (TPSA) is 137 Å². The molecule has 9 nitrogen and oxygen atoms in total. The van der Waals surface area contributed by atoms with E-state index < -0.39 is 11.7 Å². The molecule has 3 heterocycles. The van der Waals surface area contributed by atoms with Crippen molar-refractivity contribution in [1.29, 1.82) is 0 Å². The molecular formula is C20H23FN8O. The number of aromatic nitrogens is 4. The third-order valence-corrected chi connectivity index (χ3v) is 5.00. The van der Waals surface area contributed by atoms with Gasteiger partial charge in [0.05, 0.1) is 29.3 Å². The fourth-order valence-corrected chi connectivity index (χ4v) is 3.34. The highest BCUT2D eigenvalue weighted by Gasteiger charge is 2.34. The van der Waals surface area contributed by atoms with Gasteiger partial charge in [-0.1, -0.05) is 0 Å². The Hall–Kier alpha value is -3.53. The molecule has 1 aliphatic rings. The molecule has 1 aliphatic carbocycles. The van der Waals surface area contributed by atoms with E-state index >= 15 is 0 Å². The number of amides is 1. The summed E-state index contributed by atoms with van der Waals surface area (Å²) in [6.45, 7) is 1.87. The molecule has 0 saturated heterocycles. The Labute approximate surface area is 172 Å². The van der Waals surface area contributed by atoms with E-state index in [1.165, 1.54) is 0 Å². The summed E-state index contributed by atoms with van der Waals surface area (Å²) in [5.41, 5.74) is 12.7. The first kappa shape index (κ1) is 19.8. The highest BCUT2D eigenvalue weighted by Crippen LogP contribution is 2.36. The Morgan fingerprint density at radius 1 is 1.30 bits per heavy atom. The van der Waals surface area contributed by atoms with Crippen molar-refractivity contribution in [3.05, 3.63) is 54.4 Å². The fourth-order valence-electron chi connectivity index (χ4n) is 3.34. The van der Waals surface area contributed by atoms with Crippen molar-refractivity contribution in [2.45, 2.75) is 31.8 Å². The number of primary amides is 1. The zero-order chi connectivity index (χ0) is 21.3. The van der Waals surface area contributed by atoms with Crippen LogP contribution >= 0.6 is 0 Å². The molecule has 3 aromatic rings. The predicted octanol–water partition coefficient (Wildman–Crippen LogP) is 2.18. The van der Waals surface area contributed by atoms with Crippen LogP contribution in [0.4, 0.5) is 21.7 Å². The second-order valence-electron chi connectivity index (χ2n) is 7.45. The van der Waals surface area contributed by atoms with Crippen LogP contribution < -0.4 is 22.1 Å². The lowest BCUT2D eigenvalue weighted by molar-refractivity contribution is 0.100. The summed E-state index contributed by atoms with van der Waals surface area (Å²) in [6, 6.07) is 4.36. The van der Waals surface area contributed by atoms with Crippen LogP contribution in [-0.4, -0.2) is 37.7 Å². The maximum absolute atomic E-state index is 14.7. The number of nitrogens with zero attached hydrogens (tertiary/aromatic N) is 4. The number of anilines is 3. The van der Waals surface area contributed by atoms with Crippen LogP contribution in [0.2, 0.25) is 0 Å². The molecule has 1 saturated carbocycles. The first-order chi connectivity index (χ1) is 14.4. The molecule has 2 atom stereocenters. The van der Waals surface area contributed by atoms with Gasteiger partial charge in [0.2, 0.25) is 0 Å². The number of hydrogen-bond donors (Lipinski definition) is 4. The molecule has 1 fully saturated rings. The Balaban J connectivity index is 1.66. The standard InChI is InChI=1S/C20H23FN8O/c1-11(22)17(12-3-4-12)27-20-16(21)8-15(18(23)30)19(28-20)26-13-7-14(10-24-9-13)29-6-2-5-25-29/h2,5-12,17H,3-4,22H2,1H3,(H2,23,30)(H2,26,27,28)/t11-,17-/m0/s1. The molecule has 0 radical (unpaired) electrons. The Kier molecular flexibility index (Phi) is 5.32. The van der Waals surface area contributed by atoms with Gasteiger partial charge in [0.15, 0.2) is 11.6 Å². The number of carbonyl (C=O) groups is 1. The summed E-state index contributed by atoms with van der Waals surface area (Å²) >= 11 is 0. The van der Waals surface area contributed by atoms with Gasteiger partial charge in [-0.15, -0.1) is 0 Å². The van der Waals surface area contributed by atoms with Crippen molar-refractivity contribution in [2.75, 3.05) is 10.6 Å². The van der Waals surface area contributed by atoms with Crippen LogP contribution in [0.25, 0.3) is 5.69 Å². The number of hydrogen-bond acceptors (Lipinski definition) is 7. The molecule has 0 bridgehead atoms. The van der Waals surface area contributed by atoms with Crippen molar-refractivity contribution in [3.8, 4) is 5.69 Å². The summed E-state index contributed by atoms with van der Waals surface area (Å²) < 4.78 is 16.3. The zero-order valence-electron chi connectivity index (χ0n) is 16.4. The average molecular weight is 410 g/mol. The van der Waals surface area contributed by atoms with Gasteiger partial charge in [-0.2, -0.15) is 5.10 Å². The third-order valence-electron chi connectivity index (χ3n) is 5.00. The van der Waals surface area contributed by atoms with E-state index in [9.17, 15) is 9.18 Å². The second-order valence-corrected chi connectivity index (χ2v) is 7.45. The molecule has 1 amide bonds. The minimum atomic E-state index is -0.794. The number of halogens is 1. The normalized spacial score (nSPS) is 15.4. The molecular weight excluding hydrogens is 387 g/mol. The quantitative estimate of drug-likeness (QED) is 0.447. The van der Waals surface area contributed by atoms with Crippen molar-refractivity contribution in [3.63, 3.8) is 0 Å². The largest absolute Gasteiger partial charge is 0.365 e. The molecule has 156 valence electrons. The van der Waals surface area contributed by atoms with Crippen molar-refractivity contribution in [2.24, 2.45) is 17.4 Å². The molecule has 0 spiro atoms. The van der Waals surface area contributed by atoms with E-state index in [0.717, 1.165) is 18.9 Å². The van der Waals surface area contributed by atoms with E-state index in [2.05, 4.69) is 25.7 Å². The Bertz CT molecular complexity index is 1050. The molecule has 6 N–H and O–H groups in total. The van der Waals surface area contributed by atoms with Crippen LogP contribution in [0.15, 0.2) is 43.0 Å². The summed E-state index contributed by atoms with van der Waals surface area (Å²) in [7, 11) is 0. The van der Waals surface area contributed by atoms with Crippen LogP contribution in [-0.2, 0) is 0 Å². The lowest BCUT2D eigenvalue weighted by Gasteiger charge is -2.23. The van der Waals surface area contributed by atoms with Crippen LogP contribution in [0.1, 0.15) is 30.1 Å². The number of nitrogens with two attached hydrogens (primary N) is 2. The first-order valence-corrected chi connectivity index (χ1v) is 9.67. The fraction of sp³-hybridized carbons (Fsp3) is 0.300. The smallest absolute Gasteiger partial charge is 0.252 e. The molecule has 0 unspecified atom stereocenters. The minimum Gasteiger partial charge on any atom is -0.365 e. The van der Waals surface area contributed by atoms with Gasteiger partial charge in [0.1, 0.15) is 5.82 Å². The van der Waals surface area contributed by atoms with Crippen LogP contribution in [0.5, 0.6) is 0 Å². The SMILES string of the molecule is C[C@H](N)[C@H](Nc1nc(Nc2cncc(-n3cccn3)c2)c(C(N)=O)cc1F)C1CC1. The zero-order valence-corrected chi connectivity index (χ0v) is 16.4. The third kappa shape index (κ3) is 4.23. The van der Waals surface area contributed by atoms with Crippen LogP contribution in [0.3, 0.4) is 0 Å². The molecule has 3 aromatic heterocycles. The maximum Gasteiger partial charge on any atom is 0.252 e. The second kappa shape index (κ2) is 8.07. The van der Waals surface area contributed by atoms with Crippen molar-refractivity contribution < 1.29 is 9.18 Å². The molecule has 0 aromatic carbocycles. The maximum atomic E-state index is 14.7. The van der Waals surface area contributed by atoms with E-state index in [4.69, 9.17) is 11.5 Å². The van der Waals surface area contributed by atoms with Gasteiger partial charge in [-0.25, -0.2) is 14.1 Å². The van der Waals surface area contributed by atoms with Crippen LogP contribution in [0, 0.1) is 11.7 Å². The molecule has 10 heteroatoms. The number of carbonyl (C=O) groups excluding carboxylic acids is 1. The van der Waals surface area contributed by atoms with Gasteiger partial charge in [-0.3, -0.25) is 9.78 Å². The van der Waals surface area contributed by atoms with Gasteiger partial charge < -0.3 is 22.1 Å². The van der Waals surface area contributed by atoms with E-state index in [-0.39, 0.29) is 29.3 Å². The summed E-state index contributed by atoms with van der Waals surface area (Å²) in [5, 5.41) is 10.3. The van der Waals surface area contributed by atoms with Gasteiger partial charge in [0, 0.05) is 24.5 Å². The van der Waals surface area contributed by atoms with Gasteiger partial charge in [-0.05, 0) is 43.9 Å². The van der Waals surface area contributed by atoms with Crippen molar-refractivity contribution >= 4 is 23.2 Å². The summed E-state index contributed by atoms with van der Waals surface area (Å²) in [6.07, 6.45) is 8.71. The minimum absolute atomic E-state index is 0.0212. The first-order valence-electron chi connectivity index (χ1n) is 9.67. The van der Waals surface area contributed by atoms with E-state index in [1.807, 2.05) is 6.92 Å². The van der Waals surface area contributed by atoms with Crippen molar-refractivity contribution in [1.82, 2.24) is 19.7 Å². The number of pyridine rings is 2. The lowest BCUT2D eigenvalue weighted by Crippen LogP contribution is -2.40. The molecule has 0 aliphatic heterocycles. The Morgan fingerprint density at radius 2 is 2.10 bits per heavy atom.